The molecule has 1 fully saturated rings. The molecule has 1 saturated heterocycles. The van der Waals surface area contributed by atoms with E-state index in [2.05, 4.69) is 61.6 Å². The summed E-state index contributed by atoms with van der Waals surface area (Å²) in [4.78, 5) is 4.32. The Kier molecular flexibility index (Phi) is 8.99. The van der Waals surface area contributed by atoms with Crippen molar-refractivity contribution in [3.8, 4) is 0 Å². The van der Waals surface area contributed by atoms with E-state index in [1.807, 2.05) is 6.07 Å². The molecule has 0 aliphatic carbocycles. The molecule has 0 radical (unpaired) electrons. The van der Waals surface area contributed by atoms with Crippen molar-refractivity contribution in [3.63, 3.8) is 0 Å². The zero-order valence-electron chi connectivity index (χ0n) is 16.0. The Hall–Kier alpha value is -1.68. The number of aromatic nitrogens is 3. The van der Waals surface area contributed by atoms with Crippen LogP contribution in [-0.4, -0.2) is 47.5 Å². The smallest absolute Gasteiger partial charge is 0.191 e. The summed E-state index contributed by atoms with van der Waals surface area (Å²) in [5.74, 6) is 2.26. The number of hydrogen-bond donors (Lipinski definition) is 2. The van der Waals surface area contributed by atoms with Crippen molar-refractivity contribution in [1.82, 2.24) is 25.4 Å². The second kappa shape index (κ2) is 11.2. The SMILES string of the molecule is CCc1nncn1CCNC(=NC)NCC1CCOC1c1ccccc1.I. The van der Waals surface area contributed by atoms with Crippen LogP contribution in [0.4, 0.5) is 0 Å². The molecule has 2 aromatic rings. The van der Waals surface area contributed by atoms with Gasteiger partial charge in [-0.1, -0.05) is 37.3 Å². The fourth-order valence-electron chi connectivity index (χ4n) is 3.34. The lowest BCUT2D eigenvalue weighted by molar-refractivity contribution is 0.0915. The van der Waals surface area contributed by atoms with E-state index in [1.54, 1.807) is 13.4 Å². The second-order valence-corrected chi connectivity index (χ2v) is 6.42. The van der Waals surface area contributed by atoms with E-state index < -0.39 is 0 Å². The molecule has 2 heterocycles. The Bertz CT molecular complexity index is 705. The standard InChI is InChI=1S/C19H28N6O.HI/c1-3-17-24-23-14-25(17)11-10-21-19(20-2)22-13-16-9-12-26-18(16)15-7-5-4-6-8-15;/h4-8,14,16,18H,3,9-13H2,1-2H3,(H2,20,21,22);1H. The molecular weight excluding hydrogens is 455 g/mol. The molecule has 1 aliphatic heterocycles. The van der Waals surface area contributed by atoms with Gasteiger partial charge >= 0.3 is 0 Å². The Balaban J connectivity index is 0.00000261. The van der Waals surface area contributed by atoms with Crippen molar-refractivity contribution < 1.29 is 4.74 Å². The van der Waals surface area contributed by atoms with Crippen molar-refractivity contribution in [2.45, 2.75) is 32.4 Å². The van der Waals surface area contributed by atoms with Gasteiger partial charge in [0.1, 0.15) is 12.2 Å². The first-order valence-electron chi connectivity index (χ1n) is 9.29. The average molecular weight is 484 g/mol. The van der Waals surface area contributed by atoms with E-state index in [1.165, 1.54) is 5.56 Å². The summed E-state index contributed by atoms with van der Waals surface area (Å²) in [6.07, 6.45) is 3.88. The quantitative estimate of drug-likeness (QED) is 0.359. The molecule has 1 aliphatic rings. The predicted molar refractivity (Wildman–Crippen MR) is 117 cm³/mol. The molecule has 0 saturated carbocycles. The number of benzene rings is 1. The van der Waals surface area contributed by atoms with E-state index in [4.69, 9.17) is 4.74 Å². The predicted octanol–water partition coefficient (Wildman–Crippen LogP) is 2.40. The minimum absolute atomic E-state index is 0. The van der Waals surface area contributed by atoms with Crippen molar-refractivity contribution >= 4 is 29.9 Å². The third kappa shape index (κ3) is 5.90. The van der Waals surface area contributed by atoms with Crippen LogP contribution in [0.3, 0.4) is 0 Å². The molecule has 3 rings (SSSR count). The summed E-state index contributed by atoms with van der Waals surface area (Å²) in [5, 5.41) is 14.9. The first-order chi connectivity index (χ1) is 12.8. The van der Waals surface area contributed by atoms with Crippen molar-refractivity contribution in [2.24, 2.45) is 10.9 Å². The third-order valence-corrected chi connectivity index (χ3v) is 4.75. The third-order valence-electron chi connectivity index (χ3n) is 4.75. The summed E-state index contributed by atoms with van der Waals surface area (Å²) < 4.78 is 8.02. The molecule has 2 N–H and O–H groups in total. The van der Waals surface area contributed by atoms with Gasteiger partial charge in [-0.05, 0) is 12.0 Å². The normalized spacial score (nSPS) is 19.6. The molecule has 1 aromatic carbocycles. The number of hydrogen-bond acceptors (Lipinski definition) is 4. The van der Waals surface area contributed by atoms with Crippen molar-refractivity contribution in [1.29, 1.82) is 0 Å². The number of aryl methyl sites for hydroxylation is 1. The van der Waals surface area contributed by atoms with Gasteiger partial charge in [-0.25, -0.2) is 0 Å². The first kappa shape index (κ1) is 21.6. The van der Waals surface area contributed by atoms with Gasteiger partial charge in [0, 0.05) is 45.6 Å². The number of rotatable bonds is 7. The highest BCUT2D eigenvalue weighted by Gasteiger charge is 2.29. The summed E-state index contributed by atoms with van der Waals surface area (Å²) >= 11 is 0. The molecule has 2 atom stereocenters. The highest BCUT2D eigenvalue weighted by molar-refractivity contribution is 14.0. The molecule has 27 heavy (non-hydrogen) atoms. The maximum absolute atomic E-state index is 5.96. The lowest BCUT2D eigenvalue weighted by atomic mass is 9.95. The van der Waals surface area contributed by atoms with Gasteiger partial charge in [0.25, 0.3) is 0 Å². The molecule has 148 valence electrons. The molecule has 0 amide bonds. The zero-order valence-corrected chi connectivity index (χ0v) is 18.3. The number of nitrogens with zero attached hydrogens (tertiary/aromatic N) is 4. The van der Waals surface area contributed by atoms with Gasteiger partial charge in [-0.15, -0.1) is 34.2 Å². The summed E-state index contributed by atoms with van der Waals surface area (Å²) in [5.41, 5.74) is 1.25. The van der Waals surface area contributed by atoms with Crippen LogP contribution < -0.4 is 10.6 Å². The number of guanidine groups is 1. The summed E-state index contributed by atoms with van der Waals surface area (Å²) in [7, 11) is 1.80. The van der Waals surface area contributed by atoms with Gasteiger partial charge in [0.2, 0.25) is 0 Å². The molecule has 7 nitrogen and oxygen atoms in total. The van der Waals surface area contributed by atoms with Gasteiger partial charge < -0.3 is 19.9 Å². The Labute approximate surface area is 178 Å². The Morgan fingerprint density at radius 1 is 1.30 bits per heavy atom. The Morgan fingerprint density at radius 3 is 2.85 bits per heavy atom. The molecule has 2 unspecified atom stereocenters. The fourth-order valence-corrected chi connectivity index (χ4v) is 3.34. The average Bonchev–Trinajstić information content (AvgIpc) is 3.34. The van der Waals surface area contributed by atoms with Crippen LogP contribution in [0.25, 0.3) is 0 Å². The number of halogens is 1. The highest BCUT2D eigenvalue weighted by atomic mass is 127. The number of nitrogens with one attached hydrogen (secondary N) is 2. The van der Waals surface area contributed by atoms with Gasteiger partial charge in [0.15, 0.2) is 5.96 Å². The lowest BCUT2D eigenvalue weighted by Crippen LogP contribution is -2.41. The van der Waals surface area contributed by atoms with Crippen LogP contribution in [0.2, 0.25) is 0 Å². The van der Waals surface area contributed by atoms with Gasteiger partial charge in [-0.2, -0.15) is 0 Å². The topological polar surface area (TPSA) is 76.4 Å². The zero-order chi connectivity index (χ0) is 18.2. The van der Waals surface area contributed by atoms with E-state index in [0.717, 1.165) is 50.9 Å². The van der Waals surface area contributed by atoms with Crippen LogP contribution >= 0.6 is 24.0 Å². The minimum Gasteiger partial charge on any atom is -0.373 e. The molecule has 8 heteroatoms. The highest BCUT2D eigenvalue weighted by Crippen LogP contribution is 2.33. The first-order valence-corrected chi connectivity index (χ1v) is 9.29. The molecular formula is C19H29IN6O. The minimum atomic E-state index is 0. The van der Waals surface area contributed by atoms with Crippen LogP contribution in [0.5, 0.6) is 0 Å². The van der Waals surface area contributed by atoms with Crippen LogP contribution in [0, 0.1) is 5.92 Å². The molecule has 0 bridgehead atoms. The maximum Gasteiger partial charge on any atom is 0.191 e. The fraction of sp³-hybridized carbons (Fsp3) is 0.526. The van der Waals surface area contributed by atoms with Gasteiger partial charge in [-0.3, -0.25) is 4.99 Å². The monoisotopic (exact) mass is 484 g/mol. The number of ether oxygens (including phenoxy) is 1. The number of aliphatic imine (C=N–C) groups is 1. The maximum atomic E-state index is 5.96. The van der Waals surface area contributed by atoms with E-state index >= 15 is 0 Å². The van der Waals surface area contributed by atoms with E-state index in [-0.39, 0.29) is 30.1 Å². The van der Waals surface area contributed by atoms with Crippen molar-refractivity contribution in [2.75, 3.05) is 26.7 Å². The summed E-state index contributed by atoms with van der Waals surface area (Å²) in [6.45, 7) is 5.32. The second-order valence-electron chi connectivity index (χ2n) is 6.42. The largest absolute Gasteiger partial charge is 0.373 e. The molecule has 0 spiro atoms. The van der Waals surface area contributed by atoms with Crippen LogP contribution in [-0.2, 0) is 17.7 Å². The summed E-state index contributed by atoms with van der Waals surface area (Å²) in [6, 6.07) is 10.5. The molecule has 1 aromatic heterocycles. The Morgan fingerprint density at radius 2 is 2.11 bits per heavy atom. The van der Waals surface area contributed by atoms with E-state index in [9.17, 15) is 0 Å². The van der Waals surface area contributed by atoms with Crippen LogP contribution in [0.1, 0.15) is 30.8 Å². The van der Waals surface area contributed by atoms with Gasteiger partial charge in [0.05, 0.1) is 6.10 Å². The van der Waals surface area contributed by atoms with Crippen LogP contribution in [0.15, 0.2) is 41.7 Å². The van der Waals surface area contributed by atoms with E-state index in [0.29, 0.717) is 5.92 Å². The van der Waals surface area contributed by atoms with Crippen molar-refractivity contribution in [3.05, 3.63) is 48.0 Å². The lowest BCUT2D eigenvalue weighted by Gasteiger charge is -2.21.